The number of nitrogens with zero attached hydrogens (tertiary/aromatic N) is 1. The molecule has 18 heavy (non-hydrogen) atoms. The first-order chi connectivity index (χ1) is 8.55. The molecule has 1 heterocycles. The topological polar surface area (TPSA) is 66.5 Å². The third-order valence-electron chi connectivity index (χ3n) is 3.60. The summed E-state index contributed by atoms with van der Waals surface area (Å²) in [6, 6.07) is 0. The van der Waals surface area contributed by atoms with Crippen molar-refractivity contribution in [2.75, 3.05) is 19.6 Å². The fourth-order valence-corrected chi connectivity index (χ4v) is 4.05. The molecule has 1 saturated carbocycles. The summed E-state index contributed by atoms with van der Waals surface area (Å²) >= 11 is 0. The van der Waals surface area contributed by atoms with Gasteiger partial charge in [-0.3, -0.25) is 4.79 Å². The average Bonchev–Trinajstić information content (AvgIpc) is 3.05. The van der Waals surface area contributed by atoms with Gasteiger partial charge in [-0.2, -0.15) is 4.31 Å². The molecule has 0 aromatic carbocycles. The molecule has 2 rings (SSSR count). The second-order valence-electron chi connectivity index (χ2n) is 5.26. The molecule has 104 valence electrons. The van der Waals surface area contributed by atoms with Crippen LogP contribution in [0.15, 0.2) is 0 Å². The number of hydrogen-bond donors (Lipinski definition) is 1. The fraction of sp³-hybridized carbons (Fsp3) is 0.917. The lowest BCUT2D eigenvalue weighted by Gasteiger charge is -2.37. The van der Waals surface area contributed by atoms with Gasteiger partial charge in [-0.15, -0.1) is 0 Å². The fourth-order valence-electron chi connectivity index (χ4n) is 2.12. The zero-order valence-electron chi connectivity index (χ0n) is 10.9. The molecular formula is C12H22N2O3S. The molecule has 6 heteroatoms. The van der Waals surface area contributed by atoms with Gasteiger partial charge in [0.25, 0.3) is 0 Å². The van der Waals surface area contributed by atoms with Crippen molar-refractivity contribution in [1.29, 1.82) is 0 Å². The number of unbranched alkanes of at least 4 members (excludes halogenated alkanes) is 2. The molecule has 1 aliphatic carbocycles. The lowest BCUT2D eigenvalue weighted by molar-refractivity contribution is -0.128. The first-order valence-electron chi connectivity index (χ1n) is 6.82. The highest BCUT2D eigenvalue weighted by molar-refractivity contribution is 7.90. The third-order valence-corrected chi connectivity index (χ3v) is 5.94. The van der Waals surface area contributed by atoms with Crippen molar-refractivity contribution in [2.24, 2.45) is 5.92 Å². The van der Waals surface area contributed by atoms with E-state index in [0.29, 0.717) is 19.6 Å². The van der Waals surface area contributed by atoms with E-state index in [4.69, 9.17) is 0 Å². The first-order valence-corrected chi connectivity index (χ1v) is 8.32. The van der Waals surface area contributed by atoms with E-state index < -0.39 is 10.0 Å². The highest BCUT2D eigenvalue weighted by Crippen LogP contribution is 2.34. The summed E-state index contributed by atoms with van der Waals surface area (Å²) in [7, 11) is -3.07. The van der Waals surface area contributed by atoms with Crippen LogP contribution in [-0.4, -0.2) is 43.5 Å². The van der Waals surface area contributed by atoms with Crippen LogP contribution in [0, 0.1) is 5.92 Å². The zero-order valence-corrected chi connectivity index (χ0v) is 11.7. The molecule has 1 saturated heterocycles. The quantitative estimate of drug-likeness (QED) is 0.696. The summed E-state index contributed by atoms with van der Waals surface area (Å²) in [5.41, 5.74) is 0. The molecule has 5 nitrogen and oxygen atoms in total. The molecular weight excluding hydrogens is 252 g/mol. The van der Waals surface area contributed by atoms with Crippen molar-refractivity contribution in [1.82, 2.24) is 9.62 Å². The Kier molecular flexibility index (Phi) is 4.27. The maximum atomic E-state index is 11.8. The average molecular weight is 274 g/mol. The van der Waals surface area contributed by atoms with Crippen LogP contribution in [0.3, 0.4) is 0 Å². The van der Waals surface area contributed by atoms with Crippen LogP contribution in [-0.2, 0) is 14.8 Å². The van der Waals surface area contributed by atoms with E-state index in [-0.39, 0.29) is 17.1 Å². The van der Waals surface area contributed by atoms with E-state index >= 15 is 0 Å². The number of sulfonamides is 1. The van der Waals surface area contributed by atoms with E-state index in [9.17, 15) is 13.2 Å². The molecule has 0 aromatic rings. The summed E-state index contributed by atoms with van der Waals surface area (Å²) < 4.78 is 25.1. The SMILES string of the molecule is CCCCCNC(=O)C1CN(S(=O)(=O)C2CC2)C1. The van der Waals surface area contributed by atoms with E-state index in [1.165, 1.54) is 4.31 Å². The molecule has 0 atom stereocenters. The minimum absolute atomic E-state index is 0.00773. The molecule has 0 bridgehead atoms. The van der Waals surface area contributed by atoms with Gasteiger partial charge in [0, 0.05) is 19.6 Å². The highest BCUT2D eigenvalue weighted by Gasteiger charge is 2.46. The Morgan fingerprint density at radius 1 is 1.28 bits per heavy atom. The number of hydrogen-bond acceptors (Lipinski definition) is 3. The van der Waals surface area contributed by atoms with Crippen molar-refractivity contribution >= 4 is 15.9 Å². The largest absolute Gasteiger partial charge is 0.356 e. The Labute approximate surface area is 109 Å². The molecule has 2 aliphatic rings. The minimum atomic E-state index is -3.07. The summed E-state index contributed by atoms with van der Waals surface area (Å²) in [5, 5.41) is 2.71. The van der Waals surface area contributed by atoms with Crippen molar-refractivity contribution in [3.63, 3.8) is 0 Å². The van der Waals surface area contributed by atoms with Gasteiger partial charge in [0.15, 0.2) is 0 Å². The second-order valence-corrected chi connectivity index (χ2v) is 7.47. The van der Waals surface area contributed by atoms with Crippen LogP contribution in [0.1, 0.15) is 39.0 Å². The summed E-state index contributed by atoms with van der Waals surface area (Å²) in [6.07, 6.45) is 4.82. The Morgan fingerprint density at radius 3 is 2.50 bits per heavy atom. The maximum absolute atomic E-state index is 11.8. The Hall–Kier alpha value is -0.620. The summed E-state index contributed by atoms with van der Waals surface area (Å²) in [5.74, 6) is -0.131. The van der Waals surface area contributed by atoms with Crippen molar-refractivity contribution < 1.29 is 13.2 Å². The van der Waals surface area contributed by atoms with Crippen LogP contribution in [0.4, 0.5) is 0 Å². The number of nitrogens with one attached hydrogen (secondary N) is 1. The van der Waals surface area contributed by atoms with Gasteiger partial charge in [-0.05, 0) is 19.3 Å². The second kappa shape index (κ2) is 5.57. The van der Waals surface area contributed by atoms with Crippen molar-refractivity contribution in [2.45, 2.75) is 44.3 Å². The molecule has 0 radical (unpaired) electrons. The van der Waals surface area contributed by atoms with Crippen LogP contribution in [0.5, 0.6) is 0 Å². The standard InChI is InChI=1S/C12H22N2O3S/c1-2-3-4-7-13-12(15)10-8-14(9-10)18(16,17)11-5-6-11/h10-11H,2-9H2,1H3,(H,13,15). The molecule has 0 unspecified atom stereocenters. The van der Waals surface area contributed by atoms with E-state index in [2.05, 4.69) is 12.2 Å². The molecule has 0 aromatic heterocycles. The minimum Gasteiger partial charge on any atom is -0.356 e. The third kappa shape index (κ3) is 3.03. The molecule has 1 aliphatic heterocycles. The van der Waals surface area contributed by atoms with E-state index in [1.807, 2.05) is 0 Å². The molecule has 0 spiro atoms. The highest BCUT2D eigenvalue weighted by atomic mass is 32.2. The predicted octanol–water partition coefficient (Wildman–Crippen LogP) is 0.717. The van der Waals surface area contributed by atoms with Gasteiger partial charge in [-0.1, -0.05) is 19.8 Å². The van der Waals surface area contributed by atoms with Crippen molar-refractivity contribution in [3.8, 4) is 0 Å². The van der Waals surface area contributed by atoms with Crippen LogP contribution >= 0.6 is 0 Å². The smallest absolute Gasteiger partial charge is 0.225 e. The number of rotatable bonds is 7. The Morgan fingerprint density at radius 2 is 1.94 bits per heavy atom. The Bertz CT molecular complexity index is 398. The first kappa shape index (κ1) is 13.8. The lowest BCUT2D eigenvalue weighted by Crippen LogP contribution is -2.56. The number of amides is 1. The molecule has 1 N–H and O–H groups in total. The normalized spacial score (nSPS) is 21.6. The zero-order chi connectivity index (χ0) is 13.2. The number of carbonyl (C=O) groups is 1. The Balaban J connectivity index is 1.67. The maximum Gasteiger partial charge on any atom is 0.225 e. The van der Waals surface area contributed by atoms with Crippen LogP contribution in [0.25, 0.3) is 0 Å². The molecule has 2 fully saturated rings. The van der Waals surface area contributed by atoms with Gasteiger partial charge in [0.1, 0.15) is 0 Å². The molecule has 1 amide bonds. The summed E-state index contributed by atoms with van der Waals surface area (Å²) in [6.45, 7) is 3.57. The van der Waals surface area contributed by atoms with Crippen LogP contribution < -0.4 is 5.32 Å². The van der Waals surface area contributed by atoms with Gasteiger partial charge >= 0.3 is 0 Å². The number of carbonyl (C=O) groups excluding carboxylic acids is 1. The van der Waals surface area contributed by atoms with E-state index in [0.717, 1.165) is 32.1 Å². The van der Waals surface area contributed by atoms with Gasteiger partial charge < -0.3 is 5.32 Å². The van der Waals surface area contributed by atoms with Gasteiger partial charge in [0.05, 0.1) is 11.2 Å². The van der Waals surface area contributed by atoms with Gasteiger partial charge in [-0.25, -0.2) is 8.42 Å². The summed E-state index contributed by atoms with van der Waals surface area (Å²) in [4.78, 5) is 11.7. The van der Waals surface area contributed by atoms with Crippen molar-refractivity contribution in [3.05, 3.63) is 0 Å². The van der Waals surface area contributed by atoms with Gasteiger partial charge in [0.2, 0.25) is 15.9 Å². The monoisotopic (exact) mass is 274 g/mol. The van der Waals surface area contributed by atoms with Crippen LogP contribution in [0.2, 0.25) is 0 Å². The lowest BCUT2D eigenvalue weighted by atomic mass is 10.0. The van der Waals surface area contributed by atoms with E-state index in [1.54, 1.807) is 0 Å². The predicted molar refractivity (Wildman–Crippen MR) is 69.5 cm³/mol.